The standard InChI is InChI=1S/C22H19F3N4O4S/c1-12-15(14-9-10-19(30)27-21(14)31)11-13-5-4-6-16(20(13)26-12)28-29(32,34)17-7-2-3-8-18(17)33-22(23,24)25/h2-8,11,14,28,32,34H,9-10H2,1H3/p+1. The minimum atomic E-state index is -4.96. The number of halogens is 3. The van der Waals surface area contributed by atoms with E-state index in [0.717, 1.165) is 6.07 Å². The lowest BCUT2D eigenvalue weighted by atomic mass is 9.89. The molecule has 0 spiro atoms. The molecule has 1 aliphatic rings. The second kappa shape index (κ2) is 8.78. The minimum Gasteiger partial charge on any atom is -0.399 e. The summed E-state index contributed by atoms with van der Waals surface area (Å²) in [4.78, 5) is 28.4. The van der Waals surface area contributed by atoms with Gasteiger partial charge in [-0.25, -0.2) is 0 Å². The average Bonchev–Trinajstić information content (AvgIpc) is 2.73. The maximum absolute atomic E-state index is 12.8. The summed E-state index contributed by atoms with van der Waals surface area (Å²) in [5.41, 5.74) is 4.23. The molecule has 0 aliphatic carbocycles. The zero-order valence-corrected chi connectivity index (χ0v) is 18.7. The molecule has 0 saturated carbocycles. The number of piperidine rings is 1. The van der Waals surface area contributed by atoms with Crippen LogP contribution in [0, 0.1) is 6.92 Å². The van der Waals surface area contributed by atoms with Gasteiger partial charge in [-0.3, -0.25) is 19.9 Å². The summed E-state index contributed by atoms with van der Waals surface area (Å²) in [7, 11) is 0. The minimum absolute atomic E-state index is 0.221. The number of nitrogens with zero attached hydrogens (tertiary/aromatic N) is 2. The van der Waals surface area contributed by atoms with E-state index in [1.165, 1.54) is 18.2 Å². The lowest BCUT2D eigenvalue weighted by Crippen LogP contribution is -2.42. The molecule has 3 aromatic rings. The van der Waals surface area contributed by atoms with Gasteiger partial charge in [0.05, 0.1) is 11.4 Å². The van der Waals surface area contributed by atoms with Crippen LogP contribution < -0.4 is 19.6 Å². The van der Waals surface area contributed by atoms with E-state index >= 15 is 0 Å². The predicted octanol–water partition coefficient (Wildman–Crippen LogP) is 4.53. The lowest BCUT2D eigenvalue weighted by molar-refractivity contribution is -0.274. The number of hydrogen-bond donors (Lipinski definition) is 4. The third-order valence-electron chi connectivity index (χ3n) is 5.39. The predicted molar refractivity (Wildman–Crippen MR) is 121 cm³/mol. The van der Waals surface area contributed by atoms with Crippen molar-refractivity contribution >= 4 is 46.9 Å². The molecule has 4 rings (SSSR count). The van der Waals surface area contributed by atoms with Crippen LogP contribution in [0.2, 0.25) is 0 Å². The maximum Gasteiger partial charge on any atom is 0.573 e. The Morgan fingerprint density at radius 2 is 1.94 bits per heavy atom. The van der Waals surface area contributed by atoms with Gasteiger partial charge in [0.15, 0.2) is 5.75 Å². The molecule has 0 bridgehead atoms. The number of carbonyl (C=O) groups excluding carboxylic acids is 2. The maximum atomic E-state index is 12.8. The Balaban J connectivity index is 1.70. The highest BCUT2D eigenvalue weighted by atomic mass is 32.1. The molecular formula is C22H20F3N4O4S+. The molecule has 2 aromatic carbocycles. The van der Waals surface area contributed by atoms with Crippen molar-refractivity contribution in [3.63, 3.8) is 0 Å². The van der Waals surface area contributed by atoms with E-state index in [1.807, 2.05) is 0 Å². The second-order valence-corrected chi connectivity index (χ2v) is 8.35. The number of aromatic nitrogens is 1. The van der Waals surface area contributed by atoms with Crippen LogP contribution in [0.5, 0.6) is 5.75 Å². The Labute approximate surface area is 197 Å². The van der Waals surface area contributed by atoms with Crippen LogP contribution in [0.15, 0.2) is 48.5 Å². The van der Waals surface area contributed by atoms with Crippen LogP contribution in [0.25, 0.3) is 10.9 Å². The van der Waals surface area contributed by atoms with Crippen molar-refractivity contribution in [3.05, 3.63) is 59.8 Å². The fraction of sp³-hybridized carbons (Fsp3) is 0.227. The molecule has 1 aromatic heterocycles. The van der Waals surface area contributed by atoms with Crippen molar-refractivity contribution in [2.75, 3.05) is 5.43 Å². The number of amides is 2. The molecule has 0 radical (unpaired) electrons. The van der Waals surface area contributed by atoms with Crippen LogP contribution in [-0.4, -0.2) is 28.4 Å². The van der Waals surface area contributed by atoms with Gasteiger partial charge in [0.1, 0.15) is 18.5 Å². The van der Waals surface area contributed by atoms with Crippen LogP contribution in [0.4, 0.5) is 24.5 Å². The van der Waals surface area contributed by atoms with Gasteiger partial charge in [0.25, 0.3) is 0 Å². The van der Waals surface area contributed by atoms with Crippen molar-refractivity contribution in [3.8, 4) is 5.75 Å². The highest BCUT2D eigenvalue weighted by Crippen LogP contribution is 2.38. The van der Waals surface area contributed by atoms with Crippen LogP contribution in [0.3, 0.4) is 0 Å². The molecule has 178 valence electrons. The summed E-state index contributed by atoms with van der Waals surface area (Å²) in [6.07, 6.45) is -4.38. The second-order valence-electron chi connectivity index (χ2n) is 7.77. The first-order valence-corrected chi connectivity index (χ1v) is 10.6. The van der Waals surface area contributed by atoms with Crippen molar-refractivity contribution in [2.45, 2.75) is 32.0 Å². The number of ether oxygens (including phenoxy) is 1. The molecule has 12 heteroatoms. The van der Waals surface area contributed by atoms with Crippen molar-refractivity contribution in [1.82, 2.24) is 14.5 Å². The zero-order valence-electron chi connectivity index (χ0n) is 17.8. The molecule has 2 amide bonds. The third kappa shape index (κ3) is 4.93. The van der Waals surface area contributed by atoms with Gasteiger partial charge in [-0.2, -0.15) is 10.6 Å². The molecule has 34 heavy (non-hydrogen) atoms. The number of imide groups is 1. The number of hydrogen-bond acceptors (Lipinski definition) is 7. The Morgan fingerprint density at radius 3 is 2.65 bits per heavy atom. The summed E-state index contributed by atoms with van der Waals surface area (Å²) in [5.74, 6) is -1.88. The number of alkyl halides is 3. The SMILES string of the molecule is Cc1nc2c(N[N+](O)(S)c3ccccc3OC(F)(F)F)cccc2cc1C1CCC(=O)NC1=O. The van der Waals surface area contributed by atoms with Gasteiger partial charge in [-0.05, 0) is 37.1 Å². The fourth-order valence-electron chi connectivity index (χ4n) is 3.89. The summed E-state index contributed by atoms with van der Waals surface area (Å²) < 4.78 is 41.0. The molecule has 3 N–H and O–H groups in total. The first-order chi connectivity index (χ1) is 15.9. The molecule has 2 atom stereocenters. The van der Waals surface area contributed by atoms with Gasteiger partial charge in [0.2, 0.25) is 17.5 Å². The summed E-state index contributed by atoms with van der Waals surface area (Å²) in [5, 5.41) is 13.8. The molecule has 8 nitrogen and oxygen atoms in total. The van der Waals surface area contributed by atoms with Gasteiger partial charge in [-0.1, -0.05) is 24.3 Å². The average molecular weight is 493 g/mol. The van der Waals surface area contributed by atoms with E-state index in [0.29, 0.717) is 28.6 Å². The lowest BCUT2D eigenvalue weighted by Gasteiger charge is -2.26. The number of nitrogens with one attached hydrogen (secondary N) is 2. The first kappa shape index (κ1) is 23.8. The highest BCUT2D eigenvalue weighted by Gasteiger charge is 2.38. The largest absolute Gasteiger partial charge is 0.573 e. The number of rotatable bonds is 5. The molecule has 1 aliphatic heterocycles. The molecule has 1 fully saturated rings. The molecule has 2 unspecified atom stereocenters. The number of anilines is 1. The van der Waals surface area contributed by atoms with Gasteiger partial charge in [0, 0.05) is 27.7 Å². The number of fused-ring (bicyclic) bond motifs is 1. The van der Waals surface area contributed by atoms with Gasteiger partial charge in [-0.15, -0.1) is 13.2 Å². The number of aryl methyl sites for hydroxylation is 1. The van der Waals surface area contributed by atoms with Crippen molar-refractivity contribution in [1.29, 1.82) is 0 Å². The number of pyridine rings is 1. The van der Waals surface area contributed by atoms with Crippen molar-refractivity contribution < 1.29 is 32.7 Å². The number of thiol groups is 1. The van der Waals surface area contributed by atoms with E-state index in [9.17, 15) is 28.0 Å². The number of quaternary nitrogens is 1. The normalized spacial score (nSPS) is 18.4. The highest BCUT2D eigenvalue weighted by molar-refractivity contribution is 7.79. The van der Waals surface area contributed by atoms with E-state index in [-0.39, 0.29) is 23.7 Å². The Hall–Kier alpha value is -3.35. The first-order valence-electron chi connectivity index (χ1n) is 10.2. The van der Waals surface area contributed by atoms with Crippen LogP contribution >= 0.6 is 12.8 Å². The summed E-state index contributed by atoms with van der Waals surface area (Å²) in [6.45, 7) is 1.71. The smallest absolute Gasteiger partial charge is 0.399 e. The van der Waals surface area contributed by atoms with Crippen LogP contribution in [0.1, 0.15) is 30.0 Å². The Bertz CT molecular complexity index is 1280. The number of para-hydroxylation sites is 3. The molecule has 2 heterocycles. The van der Waals surface area contributed by atoms with Crippen LogP contribution in [-0.2, 0) is 9.59 Å². The van der Waals surface area contributed by atoms with Crippen molar-refractivity contribution in [2.24, 2.45) is 0 Å². The Morgan fingerprint density at radius 1 is 1.21 bits per heavy atom. The van der Waals surface area contributed by atoms with E-state index in [1.54, 1.807) is 31.2 Å². The van der Waals surface area contributed by atoms with Gasteiger partial charge >= 0.3 is 6.36 Å². The quantitative estimate of drug-likeness (QED) is 0.180. The zero-order chi connectivity index (χ0) is 24.7. The molecular weight excluding hydrogens is 473 g/mol. The van der Waals surface area contributed by atoms with E-state index < -0.39 is 28.1 Å². The van der Waals surface area contributed by atoms with E-state index in [2.05, 4.69) is 33.3 Å². The third-order valence-corrected chi connectivity index (χ3v) is 5.71. The topological polar surface area (TPSA) is 101 Å². The van der Waals surface area contributed by atoms with E-state index in [4.69, 9.17) is 0 Å². The monoisotopic (exact) mass is 493 g/mol. The summed E-state index contributed by atoms with van der Waals surface area (Å²) >= 11 is 4.10. The number of carbonyl (C=O) groups is 2. The van der Waals surface area contributed by atoms with Gasteiger partial charge < -0.3 is 4.74 Å². The molecule has 1 saturated heterocycles. The fourth-order valence-corrected chi connectivity index (χ4v) is 4.17. The Kier molecular flexibility index (Phi) is 6.14. The summed E-state index contributed by atoms with van der Waals surface area (Å²) in [6, 6.07) is 11.8. The number of benzene rings is 2.